The molecule has 1 N–H and O–H groups in total. The fourth-order valence-corrected chi connectivity index (χ4v) is 3.23. The maximum absolute atomic E-state index is 11.7. The molecule has 0 saturated carbocycles. The molecule has 22 heavy (non-hydrogen) atoms. The second-order valence-corrected chi connectivity index (χ2v) is 6.41. The van der Waals surface area contributed by atoms with E-state index in [1.807, 2.05) is 24.3 Å². The summed E-state index contributed by atoms with van der Waals surface area (Å²) in [7, 11) is 1.70. The Hall–Kier alpha value is -1.62. The quantitative estimate of drug-likeness (QED) is 0.590. The zero-order chi connectivity index (χ0) is 15.8. The lowest BCUT2D eigenvalue weighted by molar-refractivity contribution is -0.118. The van der Waals surface area contributed by atoms with Crippen molar-refractivity contribution in [3.63, 3.8) is 0 Å². The van der Waals surface area contributed by atoms with Gasteiger partial charge in [0.2, 0.25) is 5.91 Å². The highest BCUT2D eigenvalue weighted by Crippen LogP contribution is 2.31. The summed E-state index contributed by atoms with van der Waals surface area (Å²) in [6.45, 7) is 6.36. The Bertz CT molecular complexity index is 507. The average Bonchev–Trinajstić information content (AvgIpc) is 3.02. The number of methoxy groups -OCH3 is 1. The van der Waals surface area contributed by atoms with Gasteiger partial charge >= 0.3 is 0 Å². The van der Waals surface area contributed by atoms with Gasteiger partial charge in [0.25, 0.3) is 0 Å². The summed E-state index contributed by atoms with van der Waals surface area (Å²) in [6, 6.07) is 8.09. The van der Waals surface area contributed by atoms with Gasteiger partial charge in [0.05, 0.1) is 18.6 Å². The van der Waals surface area contributed by atoms with E-state index in [0.717, 1.165) is 43.2 Å². The molecule has 4 nitrogen and oxygen atoms in total. The molecular weight excluding hydrogens is 296 g/mol. The molecule has 1 aliphatic rings. The highest BCUT2D eigenvalue weighted by atomic mass is 32.2. The van der Waals surface area contributed by atoms with Gasteiger partial charge in [-0.1, -0.05) is 18.2 Å². The van der Waals surface area contributed by atoms with E-state index in [1.54, 1.807) is 18.9 Å². The molecule has 1 saturated heterocycles. The summed E-state index contributed by atoms with van der Waals surface area (Å²) in [5.41, 5.74) is 1.14. The Balaban J connectivity index is 1.78. The molecule has 1 fully saturated rings. The number of thioether (sulfide) groups is 1. The Morgan fingerprint density at radius 1 is 1.55 bits per heavy atom. The van der Waals surface area contributed by atoms with Crippen LogP contribution in [0, 0.1) is 5.92 Å². The molecule has 1 heterocycles. The first kappa shape index (κ1) is 16.7. The summed E-state index contributed by atoms with van der Waals surface area (Å²) < 4.78 is 5.42. The number of hydrogen-bond donors (Lipinski definition) is 1. The first-order valence-electron chi connectivity index (χ1n) is 7.58. The fraction of sp³-hybridized carbons (Fsp3) is 0.471. The maximum Gasteiger partial charge on any atom is 0.230 e. The summed E-state index contributed by atoms with van der Waals surface area (Å²) in [6.07, 6.45) is 2.91. The average molecular weight is 320 g/mol. The molecule has 0 spiro atoms. The highest BCUT2D eigenvalue weighted by molar-refractivity contribution is 8.00. The summed E-state index contributed by atoms with van der Waals surface area (Å²) in [4.78, 5) is 14.1. The Morgan fingerprint density at radius 2 is 2.36 bits per heavy atom. The minimum atomic E-state index is 0.114. The Morgan fingerprint density at radius 3 is 3.14 bits per heavy atom. The molecule has 120 valence electrons. The SMILES string of the molecule is C=CCSCC(=O)NC[C@H]1CCN(c2ccccc2OC)C1. The van der Waals surface area contributed by atoms with Crippen LogP contribution in [0.5, 0.6) is 5.75 Å². The molecule has 0 radical (unpaired) electrons. The van der Waals surface area contributed by atoms with E-state index in [-0.39, 0.29) is 5.91 Å². The number of amides is 1. The van der Waals surface area contributed by atoms with Gasteiger partial charge in [-0.15, -0.1) is 18.3 Å². The monoisotopic (exact) mass is 320 g/mol. The number of ether oxygens (including phenoxy) is 1. The van der Waals surface area contributed by atoms with Crippen LogP contribution in [0.2, 0.25) is 0 Å². The molecule has 5 heteroatoms. The first-order chi connectivity index (χ1) is 10.7. The van der Waals surface area contributed by atoms with Crippen molar-refractivity contribution < 1.29 is 9.53 Å². The van der Waals surface area contributed by atoms with Gasteiger partial charge in [0, 0.05) is 25.4 Å². The van der Waals surface area contributed by atoms with Crippen molar-refractivity contribution >= 4 is 23.4 Å². The van der Waals surface area contributed by atoms with E-state index < -0.39 is 0 Å². The normalized spacial score (nSPS) is 17.3. The second kappa shape index (κ2) is 8.73. The van der Waals surface area contributed by atoms with Crippen LogP contribution in [0.4, 0.5) is 5.69 Å². The summed E-state index contributed by atoms with van der Waals surface area (Å²) in [5, 5.41) is 3.03. The number of para-hydroxylation sites is 2. The number of nitrogens with zero attached hydrogens (tertiary/aromatic N) is 1. The maximum atomic E-state index is 11.7. The number of hydrogen-bond acceptors (Lipinski definition) is 4. The second-order valence-electron chi connectivity index (χ2n) is 5.38. The van der Waals surface area contributed by atoms with Gasteiger partial charge in [-0.3, -0.25) is 4.79 Å². The molecule has 1 aliphatic heterocycles. The Kier molecular flexibility index (Phi) is 6.65. The molecule has 0 unspecified atom stereocenters. The van der Waals surface area contributed by atoms with Crippen LogP contribution < -0.4 is 15.0 Å². The van der Waals surface area contributed by atoms with E-state index in [1.165, 1.54) is 0 Å². The molecule has 1 atom stereocenters. The zero-order valence-corrected chi connectivity index (χ0v) is 13.9. The molecule has 1 aromatic rings. The predicted molar refractivity (Wildman–Crippen MR) is 93.8 cm³/mol. The molecule has 2 rings (SSSR count). The molecule has 0 aromatic heterocycles. The van der Waals surface area contributed by atoms with Crippen molar-refractivity contribution in [2.24, 2.45) is 5.92 Å². The van der Waals surface area contributed by atoms with Crippen molar-refractivity contribution in [3.05, 3.63) is 36.9 Å². The van der Waals surface area contributed by atoms with Gasteiger partial charge < -0.3 is 15.0 Å². The van der Waals surface area contributed by atoms with Crippen LogP contribution in [0.3, 0.4) is 0 Å². The number of nitrogens with one attached hydrogen (secondary N) is 1. The predicted octanol–water partition coefficient (Wildman–Crippen LogP) is 2.56. The van der Waals surface area contributed by atoms with Crippen molar-refractivity contribution in [1.82, 2.24) is 5.32 Å². The van der Waals surface area contributed by atoms with Crippen LogP contribution in [0.1, 0.15) is 6.42 Å². The minimum absolute atomic E-state index is 0.114. The van der Waals surface area contributed by atoms with E-state index in [9.17, 15) is 4.79 Å². The highest BCUT2D eigenvalue weighted by Gasteiger charge is 2.24. The molecule has 1 amide bonds. The number of rotatable bonds is 8. The van der Waals surface area contributed by atoms with Gasteiger partial charge in [-0.05, 0) is 24.5 Å². The van der Waals surface area contributed by atoms with Gasteiger partial charge in [-0.2, -0.15) is 0 Å². The van der Waals surface area contributed by atoms with Crippen LogP contribution >= 0.6 is 11.8 Å². The van der Waals surface area contributed by atoms with Crippen LogP contribution in [0.15, 0.2) is 36.9 Å². The standard InChI is InChI=1S/C17H24N2O2S/c1-3-10-22-13-17(20)18-11-14-8-9-19(12-14)15-6-4-5-7-16(15)21-2/h3-7,14H,1,8-13H2,2H3,(H,18,20)/t14-/m1/s1. The molecule has 1 aromatic carbocycles. The lowest BCUT2D eigenvalue weighted by atomic mass is 10.1. The smallest absolute Gasteiger partial charge is 0.230 e. The van der Waals surface area contributed by atoms with Crippen LogP contribution in [-0.4, -0.2) is 44.2 Å². The van der Waals surface area contributed by atoms with Crippen molar-refractivity contribution in [2.45, 2.75) is 6.42 Å². The Labute approximate surface area is 136 Å². The van der Waals surface area contributed by atoms with Crippen LogP contribution in [-0.2, 0) is 4.79 Å². The number of benzene rings is 1. The van der Waals surface area contributed by atoms with Gasteiger partial charge in [0.15, 0.2) is 0 Å². The van der Waals surface area contributed by atoms with Crippen LogP contribution in [0.25, 0.3) is 0 Å². The van der Waals surface area contributed by atoms with Crippen molar-refractivity contribution in [1.29, 1.82) is 0 Å². The molecule has 0 bridgehead atoms. The first-order valence-corrected chi connectivity index (χ1v) is 8.73. The van der Waals surface area contributed by atoms with E-state index in [4.69, 9.17) is 4.74 Å². The van der Waals surface area contributed by atoms with E-state index in [0.29, 0.717) is 11.7 Å². The minimum Gasteiger partial charge on any atom is -0.495 e. The number of anilines is 1. The fourth-order valence-electron chi connectivity index (χ4n) is 2.65. The largest absolute Gasteiger partial charge is 0.495 e. The van der Waals surface area contributed by atoms with Crippen molar-refractivity contribution in [3.8, 4) is 5.75 Å². The summed E-state index contributed by atoms with van der Waals surface area (Å²) >= 11 is 1.59. The summed E-state index contributed by atoms with van der Waals surface area (Å²) in [5.74, 6) is 2.85. The lowest BCUT2D eigenvalue weighted by Gasteiger charge is -2.21. The zero-order valence-electron chi connectivity index (χ0n) is 13.1. The molecule has 0 aliphatic carbocycles. The van der Waals surface area contributed by atoms with Crippen molar-refractivity contribution in [2.75, 3.05) is 43.1 Å². The third kappa shape index (κ3) is 4.70. The number of carbonyl (C=O) groups is 1. The van der Waals surface area contributed by atoms with Gasteiger partial charge in [-0.25, -0.2) is 0 Å². The topological polar surface area (TPSA) is 41.6 Å². The van der Waals surface area contributed by atoms with E-state index in [2.05, 4.69) is 22.9 Å². The van der Waals surface area contributed by atoms with E-state index >= 15 is 0 Å². The number of carbonyl (C=O) groups excluding carboxylic acids is 1. The third-order valence-corrected chi connectivity index (χ3v) is 4.71. The third-order valence-electron chi connectivity index (χ3n) is 3.77. The lowest BCUT2D eigenvalue weighted by Crippen LogP contribution is -2.32. The molecular formula is C17H24N2O2S. The van der Waals surface area contributed by atoms with Gasteiger partial charge in [0.1, 0.15) is 5.75 Å².